The molecule has 0 saturated heterocycles. The van der Waals surface area contributed by atoms with Crippen molar-refractivity contribution in [2.75, 3.05) is 33.3 Å². The van der Waals surface area contributed by atoms with E-state index >= 15 is 0 Å². The van der Waals surface area contributed by atoms with Gasteiger partial charge < -0.3 is 24.3 Å². The van der Waals surface area contributed by atoms with Crippen molar-refractivity contribution in [3.8, 4) is 17.2 Å². The summed E-state index contributed by atoms with van der Waals surface area (Å²) in [6, 6.07) is 9.47. The summed E-state index contributed by atoms with van der Waals surface area (Å²) < 4.78 is 20.3. The number of benzene rings is 2. The SMILES string of the molecule is COc1ccc(OC)c(C(=O)OCC(=O)Nc2ccc(OC)c(Cl)c2)c1. The van der Waals surface area contributed by atoms with E-state index in [1.807, 2.05) is 0 Å². The molecule has 0 fully saturated rings. The lowest BCUT2D eigenvalue weighted by atomic mass is 10.2. The van der Waals surface area contributed by atoms with E-state index in [1.54, 1.807) is 24.3 Å². The van der Waals surface area contributed by atoms with Crippen molar-refractivity contribution in [1.82, 2.24) is 0 Å². The van der Waals surface area contributed by atoms with E-state index in [1.165, 1.54) is 33.5 Å². The van der Waals surface area contributed by atoms with Crippen LogP contribution in [-0.4, -0.2) is 39.8 Å². The van der Waals surface area contributed by atoms with E-state index in [0.717, 1.165) is 0 Å². The molecule has 0 aliphatic heterocycles. The highest BCUT2D eigenvalue weighted by Gasteiger charge is 2.17. The average Bonchev–Trinajstić information content (AvgIpc) is 2.65. The zero-order valence-corrected chi connectivity index (χ0v) is 15.3. The molecule has 0 atom stereocenters. The van der Waals surface area contributed by atoms with Gasteiger partial charge in [0.05, 0.1) is 26.4 Å². The lowest BCUT2D eigenvalue weighted by Crippen LogP contribution is -2.21. The summed E-state index contributed by atoms with van der Waals surface area (Å²) >= 11 is 6.00. The first-order valence-electron chi connectivity index (χ1n) is 7.51. The number of nitrogens with one attached hydrogen (secondary N) is 1. The monoisotopic (exact) mass is 379 g/mol. The standard InChI is InChI=1S/C18H18ClNO6/c1-23-12-5-7-15(24-2)13(9-12)18(22)26-10-17(21)20-11-4-6-16(25-3)14(19)8-11/h4-9H,10H2,1-3H3,(H,20,21). The van der Waals surface area contributed by atoms with Crippen molar-refractivity contribution in [2.45, 2.75) is 0 Å². The Balaban J connectivity index is 1.99. The third-order valence-electron chi connectivity index (χ3n) is 3.40. The van der Waals surface area contributed by atoms with E-state index in [2.05, 4.69) is 5.32 Å². The fourth-order valence-electron chi connectivity index (χ4n) is 2.12. The average molecular weight is 380 g/mol. The number of anilines is 1. The van der Waals surface area contributed by atoms with Gasteiger partial charge in [-0.3, -0.25) is 4.79 Å². The normalized spacial score (nSPS) is 10.0. The molecule has 0 saturated carbocycles. The third-order valence-corrected chi connectivity index (χ3v) is 3.69. The molecule has 0 aliphatic carbocycles. The highest BCUT2D eigenvalue weighted by Crippen LogP contribution is 2.27. The maximum Gasteiger partial charge on any atom is 0.342 e. The first kappa shape index (κ1) is 19.4. The number of rotatable bonds is 7. The summed E-state index contributed by atoms with van der Waals surface area (Å²) in [7, 11) is 4.40. The first-order valence-corrected chi connectivity index (χ1v) is 7.88. The van der Waals surface area contributed by atoms with E-state index in [4.69, 9.17) is 30.5 Å². The molecular weight excluding hydrogens is 362 g/mol. The van der Waals surface area contributed by atoms with Crippen molar-refractivity contribution in [2.24, 2.45) is 0 Å². The molecule has 0 aliphatic rings. The predicted molar refractivity (Wildman–Crippen MR) is 96.5 cm³/mol. The van der Waals surface area contributed by atoms with Crippen LogP contribution >= 0.6 is 11.6 Å². The molecule has 2 rings (SSSR count). The Kier molecular flexibility index (Phi) is 6.68. The Bertz CT molecular complexity index is 808. The largest absolute Gasteiger partial charge is 0.497 e. The van der Waals surface area contributed by atoms with Crippen LogP contribution in [0.1, 0.15) is 10.4 Å². The van der Waals surface area contributed by atoms with Crippen LogP contribution < -0.4 is 19.5 Å². The van der Waals surface area contributed by atoms with Gasteiger partial charge >= 0.3 is 5.97 Å². The Morgan fingerprint density at radius 1 is 0.962 bits per heavy atom. The Morgan fingerprint density at radius 2 is 1.65 bits per heavy atom. The van der Waals surface area contributed by atoms with Gasteiger partial charge in [0.15, 0.2) is 6.61 Å². The number of hydrogen-bond donors (Lipinski definition) is 1. The molecule has 1 amide bonds. The number of amides is 1. The number of carbonyl (C=O) groups excluding carboxylic acids is 2. The molecule has 7 nitrogen and oxygen atoms in total. The van der Waals surface area contributed by atoms with Gasteiger partial charge in [0, 0.05) is 5.69 Å². The maximum atomic E-state index is 12.2. The van der Waals surface area contributed by atoms with E-state index in [9.17, 15) is 9.59 Å². The van der Waals surface area contributed by atoms with Crippen molar-refractivity contribution in [1.29, 1.82) is 0 Å². The maximum absolute atomic E-state index is 12.2. The lowest BCUT2D eigenvalue weighted by Gasteiger charge is -2.11. The van der Waals surface area contributed by atoms with Gasteiger partial charge in [0.2, 0.25) is 0 Å². The molecule has 8 heteroatoms. The molecule has 0 aromatic heterocycles. The lowest BCUT2D eigenvalue weighted by molar-refractivity contribution is -0.119. The van der Waals surface area contributed by atoms with Crippen LogP contribution in [0.25, 0.3) is 0 Å². The Morgan fingerprint density at radius 3 is 2.27 bits per heavy atom. The van der Waals surface area contributed by atoms with Gasteiger partial charge in [-0.2, -0.15) is 0 Å². The quantitative estimate of drug-likeness (QED) is 0.744. The van der Waals surface area contributed by atoms with Crippen LogP contribution in [-0.2, 0) is 9.53 Å². The number of methoxy groups -OCH3 is 3. The van der Waals surface area contributed by atoms with Crippen molar-refractivity contribution in [3.63, 3.8) is 0 Å². The number of esters is 1. The number of halogens is 1. The second kappa shape index (κ2) is 8.96. The number of hydrogen-bond acceptors (Lipinski definition) is 6. The van der Waals surface area contributed by atoms with Crippen LogP contribution in [0.3, 0.4) is 0 Å². The Labute approximate surface area is 155 Å². The fourth-order valence-corrected chi connectivity index (χ4v) is 2.38. The van der Waals surface area contributed by atoms with Crippen LogP contribution in [0.2, 0.25) is 5.02 Å². The summed E-state index contributed by atoms with van der Waals surface area (Å²) in [5, 5.41) is 2.93. The molecule has 2 aromatic rings. The van der Waals surface area contributed by atoms with Crippen molar-refractivity contribution in [3.05, 3.63) is 47.0 Å². The number of ether oxygens (including phenoxy) is 4. The second-order valence-electron chi connectivity index (χ2n) is 5.04. The van der Waals surface area contributed by atoms with Gasteiger partial charge in [0.1, 0.15) is 22.8 Å². The molecule has 2 aromatic carbocycles. The van der Waals surface area contributed by atoms with Crippen molar-refractivity contribution >= 4 is 29.2 Å². The van der Waals surface area contributed by atoms with Crippen molar-refractivity contribution < 1.29 is 28.5 Å². The molecule has 0 heterocycles. The van der Waals surface area contributed by atoms with Crippen LogP contribution in [0.4, 0.5) is 5.69 Å². The molecule has 26 heavy (non-hydrogen) atoms. The molecule has 0 spiro atoms. The van der Waals surface area contributed by atoms with Crippen LogP contribution in [0.15, 0.2) is 36.4 Å². The fraction of sp³-hybridized carbons (Fsp3) is 0.222. The van der Waals surface area contributed by atoms with E-state index < -0.39 is 18.5 Å². The summed E-state index contributed by atoms with van der Waals surface area (Å²) in [6.07, 6.45) is 0. The smallest absolute Gasteiger partial charge is 0.342 e. The highest BCUT2D eigenvalue weighted by molar-refractivity contribution is 6.32. The zero-order valence-electron chi connectivity index (χ0n) is 14.5. The molecular formula is C18H18ClNO6. The molecule has 1 N–H and O–H groups in total. The third kappa shape index (κ3) is 4.80. The predicted octanol–water partition coefficient (Wildman–Crippen LogP) is 3.16. The topological polar surface area (TPSA) is 83.1 Å². The molecule has 138 valence electrons. The first-order chi connectivity index (χ1) is 12.5. The van der Waals surface area contributed by atoms with Crippen LogP contribution in [0, 0.1) is 0 Å². The Hall–Kier alpha value is -2.93. The summed E-state index contributed by atoms with van der Waals surface area (Å²) in [5.74, 6) is 0.0551. The molecule has 0 radical (unpaired) electrons. The van der Waals surface area contributed by atoms with Gasteiger partial charge in [-0.05, 0) is 36.4 Å². The van der Waals surface area contributed by atoms with Gasteiger partial charge in [-0.1, -0.05) is 11.6 Å². The minimum Gasteiger partial charge on any atom is -0.497 e. The van der Waals surface area contributed by atoms with E-state index in [0.29, 0.717) is 28.0 Å². The summed E-state index contributed by atoms with van der Waals surface area (Å²) in [4.78, 5) is 24.2. The number of carbonyl (C=O) groups is 2. The second-order valence-corrected chi connectivity index (χ2v) is 5.45. The summed E-state index contributed by atoms with van der Waals surface area (Å²) in [5.41, 5.74) is 0.614. The van der Waals surface area contributed by atoms with Gasteiger partial charge in [-0.25, -0.2) is 4.79 Å². The van der Waals surface area contributed by atoms with E-state index in [-0.39, 0.29) is 5.56 Å². The summed E-state index contributed by atoms with van der Waals surface area (Å²) in [6.45, 7) is -0.469. The molecule has 0 unspecified atom stereocenters. The van der Waals surface area contributed by atoms with Crippen LogP contribution in [0.5, 0.6) is 17.2 Å². The van der Waals surface area contributed by atoms with Gasteiger partial charge in [-0.15, -0.1) is 0 Å². The zero-order chi connectivity index (χ0) is 19.1. The minimum atomic E-state index is -0.705. The van der Waals surface area contributed by atoms with Gasteiger partial charge in [0.25, 0.3) is 5.91 Å². The highest BCUT2D eigenvalue weighted by atomic mass is 35.5. The minimum absolute atomic E-state index is 0.159. The molecule has 0 bridgehead atoms.